The lowest BCUT2D eigenvalue weighted by atomic mass is 10.1. The Bertz CT molecular complexity index is 644. The molecule has 0 aliphatic carbocycles. The number of ether oxygens (including phenoxy) is 1. The molecule has 0 aromatic heterocycles. The zero-order chi connectivity index (χ0) is 15.2. The molecule has 1 amide bonds. The molecular weight excluding hydrogens is 288 g/mol. The number of para-hydroxylation sites is 1. The van der Waals surface area contributed by atoms with E-state index in [4.69, 9.17) is 22.1 Å². The van der Waals surface area contributed by atoms with E-state index in [1.807, 2.05) is 24.3 Å². The van der Waals surface area contributed by atoms with E-state index in [0.717, 1.165) is 17.7 Å². The summed E-state index contributed by atoms with van der Waals surface area (Å²) in [4.78, 5) is 12.3. The lowest BCUT2D eigenvalue weighted by Crippen LogP contribution is -2.14. The van der Waals surface area contributed by atoms with Gasteiger partial charge < -0.3 is 15.8 Å². The van der Waals surface area contributed by atoms with Gasteiger partial charge in [0.05, 0.1) is 17.3 Å². The number of carbonyl (C=O) groups is 1. The first-order valence-electron chi connectivity index (χ1n) is 6.55. The molecule has 0 saturated carbocycles. The maximum atomic E-state index is 12.3. The second-order valence-electron chi connectivity index (χ2n) is 4.59. The van der Waals surface area contributed by atoms with Crippen molar-refractivity contribution in [2.45, 2.75) is 6.42 Å². The maximum absolute atomic E-state index is 12.3. The van der Waals surface area contributed by atoms with Crippen LogP contribution in [-0.4, -0.2) is 19.6 Å². The number of halogens is 1. The Kier molecular flexibility index (Phi) is 5.20. The van der Waals surface area contributed by atoms with Crippen molar-refractivity contribution in [3.05, 3.63) is 58.6 Å². The molecule has 4 nitrogen and oxygen atoms in total. The smallest absolute Gasteiger partial charge is 0.255 e. The molecule has 0 bridgehead atoms. The minimum absolute atomic E-state index is 0.221. The summed E-state index contributed by atoms with van der Waals surface area (Å²) < 4.78 is 5.08. The lowest BCUT2D eigenvalue weighted by molar-refractivity contribution is 0.102. The van der Waals surface area contributed by atoms with E-state index < -0.39 is 0 Å². The number of nitrogens with one attached hydrogen (secondary N) is 1. The van der Waals surface area contributed by atoms with Gasteiger partial charge in [-0.3, -0.25) is 4.79 Å². The number of carbonyl (C=O) groups excluding carboxylic acids is 1. The van der Waals surface area contributed by atoms with Crippen LogP contribution in [-0.2, 0) is 11.2 Å². The monoisotopic (exact) mass is 304 g/mol. The van der Waals surface area contributed by atoms with Crippen molar-refractivity contribution >= 4 is 28.9 Å². The van der Waals surface area contributed by atoms with Crippen LogP contribution in [0.15, 0.2) is 42.5 Å². The van der Waals surface area contributed by atoms with Crippen molar-refractivity contribution in [1.82, 2.24) is 0 Å². The van der Waals surface area contributed by atoms with Gasteiger partial charge in [0.1, 0.15) is 0 Å². The summed E-state index contributed by atoms with van der Waals surface area (Å²) in [5.41, 5.74) is 8.36. The Labute approximate surface area is 128 Å². The second kappa shape index (κ2) is 7.11. The molecule has 0 fully saturated rings. The van der Waals surface area contributed by atoms with Crippen LogP contribution in [0, 0.1) is 0 Å². The van der Waals surface area contributed by atoms with Crippen molar-refractivity contribution in [1.29, 1.82) is 0 Å². The van der Waals surface area contributed by atoms with Crippen LogP contribution in [0.25, 0.3) is 0 Å². The topological polar surface area (TPSA) is 64.3 Å². The SMILES string of the molecule is COCCc1ccccc1NC(=O)c1ccc(N)c(Cl)c1. The predicted molar refractivity (Wildman–Crippen MR) is 85.8 cm³/mol. The highest BCUT2D eigenvalue weighted by Crippen LogP contribution is 2.21. The second-order valence-corrected chi connectivity index (χ2v) is 5.00. The third kappa shape index (κ3) is 3.97. The summed E-state index contributed by atoms with van der Waals surface area (Å²) in [6.45, 7) is 0.598. The minimum atomic E-state index is -0.221. The molecule has 0 aliphatic rings. The van der Waals surface area contributed by atoms with Gasteiger partial charge >= 0.3 is 0 Å². The van der Waals surface area contributed by atoms with Crippen LogP contribution in [0.1, 0.15) is 15.9 Å². The number of methoxy groups -OCH3 is 1. The van der Waals surface area contributed by atoms with Crippen molar-refractivity contribution < 1.29 is 9.53 Å². The van der Waals surface area contributed by atoms with Crippen LogP contribution < -0.4 is 11.1 Å². The Hall–Kier alpha value is -2.04. The van der Waals surface area contributed by atoms with E-state index in [0.29, 0.717) is 22.9 Å². The number of rotatable bonds is 5. The Morgan fingerprint density at radius 1 is 1.29 bits per heavy atom. The number of hydrogen-bond donors (Lipinski definition) is 2. The molecule has 0 atom stereocenters. The highest BCUT2D eigenvalue weighted by molar-refractivity contribution is 6.33. The molecule has 2 rings (SSSR count). The van der Waals surface area contributed by atoms with Gasteiger partial charge in [-0.2, -0.15) is 0 Å². The van der Waals surface area contributed by atoms with Crippen LogP contribution in [0.4, 0.5) is 11.4 Å². The van der Waals surface area contributed by atoms with Crippen molar-refractivity contribution in [2.24, 2.45) is 0 Å². The Morgan fingerprint density at radius 3 is 2.76 bits per heavy atom. The zero-order valence-electron chi connectivity index (χ0n) is 11.7. The highest BCUT2D eigenvalue weighted by Gasteiger charge is 2.10. The average Bonchev–Trinajstić information content (AvgIpc) is 2.49. The third-order valence-electron chi connectivity index (χ3n) is 3.10. The van der Waals surface area contributed by atoms with Crippen LogP contribution in [0.3, 0.4) is 0 Å². The van der Waals surface area contributed by atoms with E-state index >= 15 is 0 Å². The first kappa shape index (κ1) is 15.4. The number of anilines is 2. The first-order chi connectivity index (χ1) is 10.1. The Balaban J connectivity index is 2.17. The van der Waals surface area contributed by atoms with Crippen molar-refractivity contribution in [3.8, 4) is 0 Å². The molecule has 0 radical (unpaired) electrons. The summed E-state index contributed by atoms with van der Waals surface area (Å²) >= 11 is 5.94. The number of nitrogens with two attached hydrogens (primary N) is 1. The normalized spacial score (nSPS) is 10.4. The third-order valence-corrected chi connectivity index (χ3v) is 3.43. The molecule has 0 spiro atoms. The quantitative estimate of drug-likeness (QED) is 0.832. The standard InChI is InChI=1S/C16H17ClN2O2/c1-21-9-8-11-4-2-3-5-15(11)19-16(20)12-6-7-14(18)13(17)10-12/h2-7,10H,8-9,18H2,1H3,(H,19,20). The van der Waals surface area contributed by atoms with Crippen LogP contribution in [0.2, 0.25) is 5.02 Å². The van der Waals surface area contributed by atoms with E-state index in [9.17, 15) is 4.79 Å². The minimum Gasteiger partial charge on any atom is -0.398 e. The molecule has 0 heterocycles. The van der Waals surface area contributed by atoms with Gasteiger partial charge in [-0.15, -0.1) is 0 Å². The summed E-state index contributed by atoms with van der Waals surface area (Å²) in [5.74, 6) is -0.221. The van der Waals surface area contributed by atoms with Gasteiger partial charge in [-0.05, 0) is 36.2 Å². The van der Waals surface area contributed by atoms with E-state index in [-0.39, 0.29) is 5.91 Å². The van der Waals surface area contributed by atoms with Crippen LogP contribution in [0.5, 0.6) is 0 Å². The van der Waals surface area contributed by atoms with E-state index in [1.165, 1.54) is 0 Å². The van der Waals surface area contributed by atoms with Gasteiger partial charge in [0.25, 0.3) is 5.91 Å². The lowest BCUT2D eigenvalue weighted by Gasteiger charge is -2.11. The predicted octanol–water partition coefficient (Wildman–Crippen LogP) is 3.36. The van der Waals surface area contributed by atoms with Crippen LogP contribution >= 0.6 is 11.6 Å². The maximum Gasteiger partial charge on any atom is 0.255 e. The van der Waals surface area contributed by atoms with Crippen molar-refractivity contribution in [3.63, 3.8) is 0 Å². The molecule has 0 saturated heterocycles. The molecule has 3 N–H and O–H groups in total. The first-order valence-corrected chi connectivity index (χ1v) is 6.93. The summed E-state index contributed by atoms with van der Waals surface area (Å²) in [6, 6.07) is 12.5. The molecule has 0 aliphatic heterocycles. The molecular formula is C16H17ClN2O2. The highest BCUT2D eigenvalue weighted by atomic mass is 35.5. The van der Waals surface area contributed by atoms with Crippen molar-refractivity contribution in [2.75, 3.05) is 24.8 Å². The molecule has 110 valence electrons. The molecule has 21 heavy (non-hydrogen) atoms. The molecule has 0 unspecified atom stereocenters. The summed E-state index contributed by atoms with van der Waals surface area (Å²) in [6.07, 6.45) is 0.732. The van der Waals surface area contributed by atoms with Gasteiger partial charge in [0.15, 0.2) is 0 Å². The van der Waals surface area contributed by atoms with E-state index in [2.05, 4.69) is 5.32 Å². The molecule has 2 aromatic rings. The number of nitrogen functional groups attached to an aromatic ring is 1. The largest absolute Gasteiger partial charge is 0.398 e. The van der Waals surface area contributed by atoms with Gasteiger partial charge in [-0.25, -0.2) is 0 Å². The summed E-state index contributed by atoms with van der Waals surface area (Å²) in [7, 11) is 1.65. The van der Waals surface area contributed by atoms with Gasteiger partial charge in [0, 0.05) is 18.4 Å². The van der Waals surface area contributed by atoms with Gasteiger partial charge in [-0.1, -0.05) is 29.8 Å². The average molecular weight is 305 g/mol. The molecule has 5 heteroatoms. The van der Waals surface area contributed by atoms with Gasteiger partial charge in [0.2, 0.25) is 0 Å². The number of hydrogen-bond acceptors (Lipinski definition) is 3. The fraction of sp³-hybridized carbons (Fsp3) is 0.188. The number of amides is 1. The fourth-order valence-electron chi connectivity index (χ4n) is 1.94. The fourth-order valence-corrected chi connectivity index (χ4v) is 2.12. The zero-order valence-corrected chi connectivity index (χ0v) is 12.5. The summed E-state index contributed by atoms with van der Waals surface area (Å²) in [5, 5.41) is 3.26. The molecule has 2 aromatic carbocycles. The Morgan fingerprint density at radius 2 is 2.05 bits per heavy atom. The number of benzene rings is 2. The van der Waals surface area contributed by atoms with E-state index in [1.54, 1.807) is 25.3 Å².